The third kappa shape index (κ3) is 2.95. The first kappa shape index (κ1) is 16.7. The van der Waals surface area contributed by atoms with Crippen molar-refractivity contribution in [1.29, 1.82) is 0 Å². The highest BCUT2D eigenvalue weighted by Gasteiger charge is 2.18. The summed E-state index contributed by atoms with van der Waals surface area (Å²) in [7, 11) is 0. The number of nitrogens with one attached hydrogen (secondary N) is 1. The second-order valence-corrected chi connectivity index (χ2v) is 7.20. The van der Waals surface area contributed by atoms with Crippen molar-refractivity contribution in [2.75, 3.05) is 0 Å². The highest BCUT2D eigenvalue weighted by Crippen LogP contribution is 2.27. The maximum absolute atomic E-state index is 13.0. The number of hydrogen-bond donors (Lipinski definition) is 1. The molecule has 0 saturated carbocycles. The molecule has 0 spiro atoms. The molecule has 1 N–H and O–H groups in total. The van der Waals surface area contributed by atoms with Gasteiger partial charge in [0, 0.05) is 17.0 Å². The van der Waals surface area contributed by atoms with Crippen molar-refractivity contribution in [2.45, 2.75) is 26.3 Å². The maximum atomic E-state index is 13.0. The first-order chi connectivity index (χ1) is 12.7. The SMILES string of the molecule is CCc1nc(C(C)NC(=O)c2cc3ccccc3c3cccnc23)cs1. The van der Waals surface area contributed by atoms with Crippen LogP contribution in [0.2, 0.25) is 0 Å². The van der Waals surface area contributed by atoms with E-state index in [0.717, 1.165) is 38.8 Å². The number of carbonyl (C=O) groups is 1. The molecule has 0 aliphatic heterocycles. The van der Waals surface area contributed by atoms with E-state index in [-0.39, 0.29) is 11.9 Å². The third-order valence-corrected chi connectivity index (χ3v) is 5.53. The van der Waals surface area contributed by atoms with E-state index in [2.05, 4.69) is 28.3 Å². The fraction of sp³-hybridized carbons (Fsp3) is 0.190. The van der Waals surface area contributed by atoms with Crippen LogP contribution in [-0.4, -0.2) is 15.9 Å². The third-order valence-electron chi connectivity index (χ3n) is 4.52. The Morgan fingerprint density at radius 3 is 2.81 bits per heavy atom. The Labute approximate surface area is 155 Å². The first-order valence-corrected chi connectivity index (χ1v) is 9.57. The van der Waals surface area contributed by atoms with Gasteiger partial charge >= 0.3 is 0 Å². The molecule has 0 bridgehead atoms. The Morgan fingerprint density at radius 2 is 2.00 bits per heavy atom. The number of hydrogen-bond acceptors (Lipinski definition) is 4. The van der Waals surface area contributed by atoms with Crippen LogP contribution in [0.5, 0.6) is 0 Å². The van der Waals surface area contributed by atoms with Crippen molar-refractivity contribution < 1.29 is 4.79 Å². The van der Waals surface area contributed by atoms with Crippen molar-refractivity contribution in [1.82, 2.24) is 15.3 Å². The molecule has 2 aromatic heterocycles. The summed E-state index contributed by atoms with van der Waals surface area (Å²) in [5.74, 6) is -0.127. The van der Waals surface area contributed by atoms with Gasteiger partial charge < -0.3 is 5.32 Å². The molecule has 4 aromatic rings. The standard InChI is InChI=1S/C21H19N3OS/c1-3-19-24-18(12-26-19)13(2)23-21(25)17-11-14-7-4-5-8-15(14)16-9-6-10-22-20(16)17/h4-13H,3H2,1-2H3,(H,23,25). The van der Waals surface area contributed by atoms with Crippen LogP contribution < -0.4 is 5.32 Å². The van der Waals surface area contributed by atoms with E-state index in [1.165, 1.54) is 0 Å². The van der Waals surface area contributed by atoms with Gasteiger partial charge in [-0.25, -0.2) is 4.98 Å². The molecule has 130 valence electrons. The van der Waals surface area contributed by atoms with Crippen LogP contribution in [0.3, 0.4) is 0 Å². The van der Waals surface area contributed by atoms with E-state index in [1.54, 1.807) is 17.5 Å². The summed E-state index contributed by atoms with van der Waals surface area (Å²) in [4.78, 5) is 22.0. The number of amides is 1. The van der Waals surface area contributed by atoms with E-state index in [0.29, 0.717) is 5.56 Å². The van der Waals surface area contributed by atoms with Crippen molar-refractivity contribution >= 4 is 38.9 Å². The monoisotopic (exact) mass is 361 g/mol. The Bertz CT molecular complexity index is 1100. The summed E-state index contributed by atoms with van der Waals surface area (Å²) in [5, 5.41) is 9.30. The Kier molecular flexibility index (Phi) is 4.39. The maximum Gasteiger partial charge on any atom is 0.254 e. The molecule has 5 heteroatoms. The van der Waals surface area contributed by atoms with Gasteiger partial charge in [0.1, 0.15) is 0 Å². The lowest BCUT2D eigenvalue weighted by atomic mass is 10.00. The van der Waals surface area contributed by atoms with Crippen molar-refractivity contribution in [2.24, 2.45) is 0 Å². The van der Waals surface area contributed by atoms with E-state index >= 15 is 0 Å². The molecule has 4 nitrogen and oxygen atoms in total. The summed E-state index contributed by atoms with van der Waals surface area (Å²) in [6.07, 6.45) is 2.63. The van der Waals surface area contributed by atoms with Crippen molar-refractivity contribution in [3.8, 4) is 0 Å². The average molecular weight is 361 g/mol. The van der Waals surface area contributed by atoms with Gasteiger partial charge in [-0.15, -0.1) is 11.3 Å². The van der Waals surface area contributed by atoms with Crippen LogP contribution in [0.4, 0.5) is 0 Å². The molecule has 26 heavy (non-hydrogen) atoms. The molecule has 0 aliphatic rings. The highest BCUT2D eigenvalue weighted by atomic mass is 32.1. The Hall–Kier alpha value is -2.79. The summed E-state index contributed by atoms with van der Waals surface area (Å²) < 4.78 is 0. The lowest BCUT2D eigenvalue weighted by molar-refractivity contribution is 0.0941. The Morgan fingerprint density at radius 1 is 1.19 bits per heavy atom. The summed E-state index contributed by atoms with van der Waals surface area (Å²) in [6.45, 7) is 4.04. The van der Waals surface area contributed by atoms with E-state index in [9.17, 15) is 4.79 Å². The number of pyridine rings is 1. The predicted molar refractivity (Wildman–Crippen MR) is 107 cm³/mol. The fourth-order valence-electron chi connectivity index (χ4n) is 3.14. The van der Waals surface area contributed by atoms with Gasteiger partial charge in [0.2, 0.25) is 0 Å². The second-order valence-electron chi connectivity index (χ2n) is 6.26. The predicted octanol–water partition coefficient (Wildman–Crippen LogP) is 4.90. The van der Waals surface area contributed by atoms with Crippen LogP contribution >= 0.6 is 11.3 Å². The quantitative estimate of drug-likeness (QED) is 0.526. The van der Waals surface area contributed by atoms with Gasteiger partial charge in [-0.3, -0.25) is 9.78 Å². The van der Waals surface area contributed by atoms with Gasteiger partial charge in [0.15, 0.2) is 0 Å². The number of aromatic nitrogens is 2. The number of nitrogens with zero attached hydrogens (tertiary/aromatic N) is 2. The molecule has 1 amide bonds. The van der Waals surface area contributed by atoms with Gasteiger partial charge in [0.25, 0.3) is 5.91 Å². The number of benzene rings is 2. The first-order valence-electron chi connectivity index (χ1n) is 8.69. The molecular weight excluding hydrogens is 342 g/mol. The van der Waals surface area contributed by atoms with Crippen molar-refractivity contribution in [3.05, 3.63) is 70.3 Å². The van der Waals surface area contributed by atoms with Crippen LogP contribution in [-0.2, 0) is 6.42 Å². The number of rotatable bonds is 4. The lowest BCUT2D eigenvalue weighted by Crippen LogP contribution is -2.27. The molecule has 2 aromatic carbocycles. The molecule has 0 radical (unpaired) electrons. The summed E-state index contributed by atoms with van der Waals surface area (Å²) in [5.41, 5.74) is 2.22. The molecule has 0 saturated heterocycles. The fourth-order valence-corrected chi connectivity index (χ4v) is 3.98. The van der Waals surface area contributed by atoms with Gasteiger partial charge in [-0.2, -0.15) is 0 Å². The van der Waals surface area contributed by atoms with E-state index < -0.39 is 0 Å². The number of aryl methyl sites for hydroxylation is 1. The van der Waals surface area contributed by atoms with Gasteiger partial charge in [0.05, 0.1) is 27.8 Å². The number of carbonyl (C=O) groups excluding carboxylic acids is 1. The van der Waals surface area contributed by atoms with Crippen LogP contribution in [0.15, 0.2) is 54.0 Å². The molecular formula is C21H19N3OS. The highest BCUT2D eigenvalue weighted by molar-refractivity contribution is 7.09. The van der Waals surface area contributed by atoms with Crippen molar-refractivity contribution in [3.63, 3.8) is 0 Å². The minimum atomic E-state index is -0.149. The smallest absolute Gasteiger partial charge is 0.254 e. The minimum absolute atomic E-state index is 0.127. The topological polar surface area (TPSA) is 54.9 Å². The minimum Gasteiger partial charge on any atom is -0.344 e. The summed E-state index contributed by atoms with van der Waals surface area (Å²) >= 11 is 1.63. The largest absolute Gasteiger partial charge is 0.344 e. The molecule has 1 unspecified atom stereocenters. The van der Waals surface area contributed by atoms with Crippen LogP contribution in [0.1, 0.15) is 40.9 Å². The number of thiazole rings is 1. The van der Waals surface area contributed by atoms with E-state index in [4.69, 9.17) is 0 Å². The van der Waals surface area contributed by atoms with Gasteiger partial charge in [-0.1, -0.05) is 37.3 Å². The summed E-state index contributed by atoms with van der Waals surface area (Å²) in [6, 6.07) is 13.8. The van der Waals surface area contributed by atoms with Crippen LogP contribution in [0, 0.1) is 0 Å². The van der Waals surface area contributed by atoms with Crippen LogP contribution in [0.25, 0.3) is 21.7 Å². The number of fused-ring (bicyclic) bond motifs is 3. The normalized spacial score (nSPS) is 12.4. The van der Waals surface area contributed by atoms with E-state index in [1.807, 2.05) is 48.7 Å². The van der Waals surface area contributed by atoms with Gasteiger partial charge in [-0.05, 0) is 36.2 Å². The lowest BCUT2D eigenvalue weighted by Gasteiger charge is -2.14. The molecule has 0 aliphatic carbocycles. The molecule has 0 fully saturated rings. The molecule has 1 atom stereocenters. The zero-order valence-electron chi connectivity index (χ0n) is 14.7. The Balaban J connectivity index is 1.73. The second kappa shape index (κ2) is 6.84. The zero-order chi connectivity index (χ0) is 18.1. The molecule has 2 heterocycles. The zero-order valence-corrected chi connectivity index (χ0v) is 15.5. The average Bonchev–Trinajstić information content (AvgIpc) is 3.17. The molecule has 4 rings (SSSR count).